The minimum atomic E-state index is 0.162. The number of benzene rings is 1. The number of nitrogen functional groups attached to an aromatic ring is 2. The van der Waals surface area contributed by atoms with E-state index in [1.807, 2.05) is 30.3 Å². The predicted molar refractivity (Wildman–Crippen MR) is 73.8 cm³/mol. The molecule has 0 aliphatic heterocycles. The van der Waals surface area contributed by atoms with Gasteiger partial charge in [0.25, 0.3) is 0 Å². The number of nitrogens with zero attached hydrogens (tertiary/aromatic N) is 3. The second kappa shape index (κ2) is 4.11. The van der Waals surface area contributed by atoms with E-state index < -0.39 is 0 Å². The molecule has 0 aliphatic carbocycles. The Labute approximate surface area is 107 Å². The first-order chi connectivity index (χ1) is 8.72. The second-order valence-electron chi connectivity index (χ2n) is 3.63. The molecule has 0 unspecified atom stereocenters. The van der Waals surface area contributed by atoms with Crippen LogP contribution in [0.4, 0.5) is 22.6 Å². The van der Waals surface area contributed by atoms with Crippen molar-refractivity contribution in [1.29, 1.82) is 0 Å². The topological polar surface area (TPSA) is 103 Å². The molecule has 0 radical (unpaired) electrons. The number of rotatable bonds is 2. The number of fused-ring (bicyclic) bond motifs is 1. The van der Waals surface area contributed by atoms with Crippen molar-refractivity contribution in [2.24, 2.45) is 0 Å². The lowest BCUT2D eigenvalue weighted by atomic mass is 10.3. The summed E-state index contributed by atoms with van der Waals surface area (Å²) in [6.07, 6.45) is 0. The Morgan fingerprint density at radius 1 is 1.00 bits per heavy atom. The first kappa shape index (κ1) is 10.7. The van der Waals surface area contributed by atoms with Crippen molar-refractivity contribution in [2.45, 2.75) is 0 Å². The first-order valence-electron chi connectivity index (χ1n) is 5.24. The lowest BCUT2D eigenvalue weighted by Gasteiger charge is -1.99. The minimum Gasteiger partial charge on any atom is -0.382 e. The van der Waals surface area contributed by atoms with E-state index >= 15 is 0 Å². The van der Waals surface area contributed by atoms with Crippen LogP contribution in [0.3, 0.4) is 0 Å². The lowest BCUT2D eigenvalue weighted by molar-refractivity contribution is 1.24. The number of thiazole rings is 1. The summed E-state index contributed by atoms with van der Waals surface area (Å²) in [6.45, 7) is 0. The van der Waals surface area contributed by atoms with Crippen molar-refractivity contribution in [2.75, 3.05) is 16.8 Å². The van der Waals surface area contributed by atoms with Crippen LogP contribution in [0.15, 0.2) is 30.3 Å². The van der Waals surface area contributed by atoms with Gasteiger partial charge in [-0.15, -0.1) is 0 Å². The molecule has 1 aromatic carbocycles. The minimum absolute atomic E-state index is 0.162. The summed E-state index contributed by atoms with van der Waals surface area (Å²) in [5.74, 6) is 0.463. The summed E-state index contributed by atoms with van der Waals surface area (Å²) in [5, 5.41) is 3.89. The predicted octanol–water partition coefficient (Wildman–Crippen LogP) is 1.99. The van der Waals surface area contributed by atoms with Gasteiger partial charge >= 0.3 is 0 Å². The van der Waals surface area contributed by atoms with Crippen molar-refractivity contribution in [3.8, 4) is 0 Å². The molecule has 0 saturated heterocycles. The Hall–Kier alpha value is -2.41. The van der Waals surface area contributed by atoms with Crippen molar-refractivity contribution < 1.29 is 0 Å². The monoisotopic (exact) mass is 258 g/mol. The maximum absolute atomic E-state index is 5.75. The van der Waals surface area contributed by atoms with Gasteiger partial charge < -0.3 is 16.8 Å². The molecular weight excluding hydrogens is 248 g/mol. The van der Waals surface area contributed by atoms with Crippen LogP contribution in [-0.4, -0.2) is 15.0 Å². The van der Waals surface area contributed by atoms with Gasteiger partial charge in [-0.3, -0.25) is 0 Å². The molecule has 5 N–H and O–H groups in total. The zero-order chi connectivity index (χ0) is 12.5. The first-order valence-corrected chi connectivity index (χ1v) is 6.05. The fourth-order valence-corrected chi connectivity index (χ4v) is 2.43. The third-order valence-corrected chi connectivity index (χ3v) is 3.19. The summed E-state index contributed by atoms with van der Waals surface area (Å²) in [4.78, 5) is 13.0. The molecule has 6 nitrogen and oxygen atoms in total. The average molecular weight is 258 g/mol. The number of anilines is 4. The number of nitrogens with one attached hydrogen (secondary N) is 1. The SMILES string of the molecule is Nc1nc(N)c2nc(Nc3ccccc3)sc2n1. The molecule has 2 aromatic heterocycles. The van der Waals surface area contributed by atoms with E-state index in [2.05, 4.69) is 20.3 Å². The van der Waals surface area contributed by atoms with Gasteiger partial charge in [0.05, 0.1) is 0 Å². The third-order valence-electron chi connectivity index (χ3n) is 2.33. The van der Waals surface area contributed by atoms with Gasteiger partial charge in [-0.25, -0.2) is 9.97 Å². The Bertz CT molecular complexity index is 693. The molecule has 3 aromatic rings. The van der Waals surface area contributed by atoms with Crippen molar-refractivity contribution in [3.05, 3.63) is 30.3 Å². The Kier molecular flexibility index (Phi) is 2.45. The van der Waals surface area contributed by atoms with E-state index in [9.17, 15) is 0 Å². The Balaban J connectivity index is 2.01. The van der Waals surface area contributed by atoms with Gasteiger partial charge in [0.1, 0.15) is 5.52 Å². The molecule has 2 heterocycles. The third kappa shape index (κ3) is 1.91. The van der Waals surface area contributed by atoms with Crippen molar-refractivity contribution in [3.63, 3.8) is 0 Å². The number of hydrogen-bond donors (Lipinski definition) is 3. The highest BCUT2D eigenvalue weighted by Crippen LogP contribution is 2.29. The van der Waals surface area contributed by atoms with Gasteiger partial charge in [0.2, 0.25) is 5.95 Å². The van der Waals surface area contributed by atoms with E-state index in [0.717, 1.165) is 5.69 Å². The Morgan fingerprint density at radius 3 is 2.56 bits per heavy atom. The van der Waals surface area contributed by atoms with Crippen LogP contribution in [0.5, 0.6) is 0 Å². The number of aromatic nitrogens is 3. The average Bonchev–Trinajstić information content (AvgIpc) is 2.73. The maximum Gasteiger partial charge on any atom is 0.223 e. The fourth-order valence-electron chi connectivity index (χ4n) is 1.56. The molecule has 3 rings (SSSR count). The highest BCUT2D eigenvalue weighted by atomic mass is 32.1. The summed E-state index contributed by atoms with van der Waals surface area (Å²) >= 11 is 1.39. The number of hydrogen-bond acceptors (Lipinski definition) is 7. The van der Waals surface area contributed by atoms with Crippen LogP contribution >= 0.6 is 11.3 Å². The quantitative estimate of drug-likeness (QED) is 0.649. The molecule has 0 aliphatic rings. The molecule has 18 heavy (non-hydrogen) atoms. The normalized spacial score (nSPS) is 10.7. The molecule has 0 atom stereocenters. The molecule has 90 valence electrons. The maximum atomic E-state index is 5.75. The van der Waals surface area contributed by atoms with E-state index in [1.165, 1.54) is 11.3 Å². The highest BCUT2D eigenvalue weighted by molar-refractivity contribution is 7.21. The number of nitrogens with two attached hydrogens (primary N) is 2. The van der Waals surface area contributed by atoms with Gasteiger partial charge in [0, 0.05) is 5.69 Å². The van der Waals surface area contributed by atoms with Crippen LogP contribution in [0.1, 0.15) is 0 Å². The van der Waals surface area contributed by atoms with E-state index in [-0.39, 0.29) is 5.95 Å². The second-order valence-corrected chi connectivity index (χ2v) is 4.61. The standard InChI is InChI=1S/C11H10N6S/c12-8-7-9(17-10(13)16-8)18-11(15-7)14-6-4-2-1-3-5-6/h1-5H,(H,14,15)(H4,12,13,16,17). The van der Waals surface area contributed by atoms with Crippen molar-refractivity contribution in [1.82, 2.24) is 15.0 Å². The van der Waals surface area contributed by atoms with Crippen LogP contribution < -0.4 is 16.8 Å². The van der Waals surface area contributed by atoms with Gasteiger partial charge in [-0.1, -0.05) is 29.5 Å². The fraction of sp³-hybridized carbons (Fsp3) is 0. The Morgan fingerprint density at radius 2 is 1.78 bits per heavy atom. The summed E-state index contributed by atoms with van der Waals surface area (Å²) < 4.78 is 0. The molecule has 0 amide bonds. The zero-order valence-corrected chi connectivity index (χ0v) is 10.1. The van der Waals surface area contributed by atoms with Crippen LogP contribution in [0, 0.1) is 0 Å². The van der Waals surface area contributed by atoms with Gasteiger partial charge in [0.15, 0.2) is 15.8 Å². The van der Waals surface area contributed by atoms with Crippen LogP contribution in [-0.2, 0) is 0 Å². The van der Waals surface area contributed by atoms with Gasteiger partial charge in [-0.05, 0) is 12.1 Å². The molecule has 7 heteroatoms. The molecule has 0 spiro atoms. The largest absolute Gasteiger partial charge is 0.382 e. The van der Waals surface area contributed by atoms with Crippen molar-refractivity contribution >= 4 is 44.3 Å². The summed E-state index contributed by atoms with van der Waals surface area (Å²) in [5.41, 5.74) is 12.8. The molecular formula is C11H10N6S. The smallest absolute Gasteiger partial charge is 0.223 e. The van der Waals surface area contributed by atoms with Crippen LogP contribution in [0.25, 0.3) is 10.3 Å². The van der Waals surface area contributed by atoms with Gasteiger partial charge in [-0.2, -0.15) is 4.98 Å². The molecule has 0 bridgehead atoms. The van der Waals surface area contributed by atoms with E-state index in [4.69, 9.17) is 11.5 Å². The zero-order valence-electron chi connectivity index (χ0n) is 9.29. The molecule has 0 saturated carbocycles. The van der Waals surface area contributed by atoms with E-state index in [0.29, 0.717) is 21.3 Å². The lowest BCUT2D eigenvalue weighted by Crippen LogP contribution is -1.99. The molecule has 0 fully saturated rings. The summed E-state index contributed by atoms with van der Waals surface area (Å²) in [7, 11) is 0. The number of para-hydroxylation sites is 1. The van der Waals surface area contributed by atoms with E-state index in [1.54, 1.807) is 0 Å². The highest BCUT2D eigenvalue weighted by Gasteiger charge is 2.10. The summed E-state index contributed by atoms with van der Waals surface area (Å²) in [6, 6.07) is 9.75. The van der Waals surface area contributed by atoms with Crippen LogP contribution in [0.2, 0.25) is 0 Å².